The molecular formula is C12H12Cl3N5O. The predicted octanol–water partition coefficient (Wildman–Crippen LogP) is 3.32. The van der Waals surface area contributed by atoms with E-state index < -0.39 is 6.03 Å². The Morgan fingerprint density at radius 2 is 1.81 bits per heavy atom. The molecular weight excluding hydrogens is 337 g/mol. The van der Waals surface area contributed by atoms with Gasteiger partial charge >= 0.3 is 6.03 Å². The SMILES string of the molecule is CN(c1c(Cl)c(Cl)nn1C)N(C(N)=O)c1ccc(Cl)cc1. The summed E-state index contributed by atoms with van der Waals surface area (Å²) in [5, 5.41) is 7.60. The van der Waals surface area contributed by atoms with Gasteiger partial charge in [-0.15, -0.1) is 0 Å². The summed E-state index contributed by atoms with van der Waals surface area (Å²) in [5.41, 5.74) is 5.99. The van der Waals surface area contributed by atoms with Crippen molar-refractivity contribution in [2.75, 3.05) is 17.1 Å². The number of aromatic nitrogens is 2. The summed E-state index contributed by atoms with van der Waals surface area (Å²) in [4.78, 5) is 11.8. The monoisotopic (exact) mass is 347 g/mol. The van der Waals surface area contributed by atoms with Crippen LogP contribution in [-0.2, 0) is 7.05 Å². The maximum absolute atomic E-state index is 11.8. The zero-order valence-corrected chi connectivity index (χ0v) is 13.5. The van der Waals surface area contributed by atoms with E-state index >= 15 is 0 Å². The summed E-state index contributed by atoms with van der Waals surface area (Å²) >= 11 is 17.8. The van der Waals surface area contributed by atoms with E-state index in [4.69, 9.17) is 40.5 Å². The van der Waals surface area contributed by atoms with Gasteiger partial charge in [0.1, 0.15) is 5.02 Å². The number of hydrogen-bond acceptors (Lipinski definition) is 3. The van der Waals surface area contributed by atoms with Crippen LogP contribution in [0.15, 0.2) is 24.3 Å². The van der Waals surface area contributed by atoms with Gasteiger partial charge in [0.2, 0.25) is 0 Å². The number of carbonyl (C=O) groups excluding carboxylic acids is 1. The Balaban J connectivity index is 2.47. The molecule has 112 valence electrons. The third-order valence-electron chi connectivity index (χ3n) is 2.81. The minimum atomic E-state index is -0.687. The number of anilines is 2. The minimum absolute atomic E-state index is 0.140. The highest BCUT2D eigenvalue weighted by Crippen LogP contribution is 2.33. The quantitative estimate of drug-likeness (QED) is 0.865. The molecule has 0 unspecified atom stereocenters. The van der Waals surface area contributed by atoms with Crippen LogP contribution in [0.25, 0.3) is 0 Å². The van der Waals surface area contributed by atoms with Crippen LogP contribution < -0.4 is 15.8 Å². The molecule has 0 fully saturated rings. The van der Waals surface area contributed by atoms with E-state index in [1.807, 2.05) is 0 Å². The van der Waals surface area contributed by atoms with Crippen LogP contribution in [0.4, 0.5) is 16.3 Å². The van der Waals surface area contributed by atoms with Crippen LogP contribution in [0.2, 0.25) is 15.2 Å². The lowest BCUT2D eigenvalue weighted by Gasteiger charge is -2.31. The number of rotatable bonds is 3. The maximum Gasteiger partial charge on any atom is 0.338 e. The molecule has 2 N–H and O–H groups in total. The van der Waals surface area contributed by atoms with E-state index in [9.17, 15) is 4.79 Å². The van der Waals surface area contributed by atoms with Gasteiger partial charge in [-0.05, 0) is 24.3 Å². The van der Waals surface area contributed by atoms with Crippen molar-refractivity contribution in [1.82, 2.24) is 9.78 Å². The van der Waals surface area contributed by atoms with Crippen molar-refractivity contribution in [3.8, 4) is 0 Å². The number of benzene rings is 1. The maximum atomic E-state index is 11.8. The number of amides is 2. The van der Waals surface area contributed by atoms with Crippen LogP contribution in [0.3, 0.4) is 0 Å². The minimum Gasteiger partial charge on any atom is -0.350 e. The first kappa shape index (κ1) is 15.8. The first-order valence-corrected chi connectivity index (χ1v) is 6.93. The molecule has 21 heavy (non-hydrogen) atoms. The highest BCUT2D eigenvalue weighted by atomic mass is 35.5. The summed E-state index contributed by atoms with van der Waals surface area (Å²) in [5.74, 6) is 0.426. The number of hydrogen-bond donors (Lipinski definition) is 1. The highest BCUT2D eigenvalue weighted by molar-refractivity contribution is 6.43. The number of halogens is 3. The summed E-state index contributed by atoms with van der Waals surface area (Å²) in [6, 6.07) is 5.94. The number of hydrazine groups is 1. The van der Waals surface area contributed by atoms with E-state index in [-0.39, 0.29) is 10.2 Å². The summed E-state index contributed by atoms with van der Waals surface area (Å²) in [6.45, 7) is 0. The van der Waals surface area contributed by atoms with Crippen LogP contribution in [-0.4, -0.2) is 22.9 Å². The van der Waals surface area contributed by atoms with E-state index in [0.29, 0.717) is 16.5 Å². The van der Waals surface area contributed by atoms with Crippen molar-refractivity contribution < 1.29 is 4.79 Å². The van der Waals surface area contributed by atoms with Crippen LogP contribution >= 0.6 is 34.8 Å². The van der Waals surface area contributed by atoms with Crippen molar-refractivity contribution in [3.05, 3.63) is 39.5 Å². The molecule has 0 aliphatic rings. The molecule has 1 aromatic heterocycles. The second-order valence-corrected chi connectivity index (χ2v) is 5.37. The van der Waals surface area contributed by atoms with Crippen molar-refractivity contribution in [1.29, 1.82) is 0 Å². The Bertz CT molecular complexity index is 670. The molecule has 0 aliphatic carbocycles. The second kappa shape index (κ2) is 6.01. The zero-order valence-electron chi connectivity index (χ0n) is 11.2. The summed E-state index contributed by atoms with van der Waals surface area (Å²) in [6.07, 6.45) is 0. The van der Waals surface area contributed by atoms with Crippen molar-refractivity contribution >= 4 is 52.3 Å². The molecule has 1 heterocycles. The molecule has 1 aromatic carbocycles. The topological polar surface area (TPSA) is 67.4 Å². The van der Waals surface area contributed by atoms with Crippen molar-refractivity contribution in [2.24, 2.45) is 12.8 Å². The Labute approximate surface area is 136 Å². The third kappa shape index (κ3) is 3.02. The van der Waals surface area contributed by atoms with E-state index in [0.717, 1.165) is 0 Å². The van der Waals surface area contributed by atoms with Gasteiger partial charge in [0.15, 0.2) is 11.0 Å². The normalized spacial score (nSPS) is 10.5. The molecule has 0 radical (unpaired) electrons. The van der Waals surface area contributed by atoms with E-state index in [2.05, 4.69) is 5.10 Å². The van der Waals surface area contributed by atoms with Gasteiger partial charge in [0, 0.05) is 19.1 Å². The summed E-state index contributed by atoms with van der Waals surface area (Å²) < 4.78 is 1.45. The Kier molecular flexibility index (Phi) is 4.51. The predicted molar refractivity (Wildman–Crippen MR) is 85.1 cm³/mol. The number of aryl methyl sites for hydroxylation is 1. The lowest BCUT2D eigenvalue weighted by Crippen LogP contribution is -2.48. The smallest absolute Gasteiger partial charge is 0.338 e. The molecule has 0 spiro atoms. The fourth-order valence-corrected chi connectivity index (χ4v) is 2.54. The Morgan fingerprint density at radius 1 is 1.24 bits per heavy atom. The number of carbonyl (C=O) groups is 1. The lowest BCUT2D eigenvalue weighted by atomic mass is 10.3. The number of urea groups is 1. The average Bonchev–Trinajstić information content (AvgIpc) is 2.65. The first-order chi connectivity index (χ1) is 9.82. The largest absolute Gasteiger partial charge is 0.350 e. The molecule has 0 saturated carbocycles. The zero-order chi connectivity index (χ0) is 15.7. The van der Waals surface area contributed by atoms with E-state index in [1.165, 1.54) is 14.7 Å². The second-order valence-electron chi connectivity index (χ2n) is 4.20. The average molecular weight is 349 g/mol. The van der Waals surface area contributed by atoms with Crippen LogP contribution in [0.1, 0.15) is 0 Å². The molecule has 9 heteroatoms. The molecule has 2 amide bonds. The van der Waals surface area contributed by atoms with Crippen LogP contribution in [0.5, 0.6) is 0 Å². The molecule has 2 rings (SSSR count). The van der Waals surface area contributed by atoms with Gasteiger partial charge in [-0.2, -0.15) is 5.10 Å². The fourth-order valence-electron chi connectivity index (χ4n) is 1.93. The van der Waals surface area contributed by atoms with Crippen molar-refractivity contribution in [2.45, 2.75) is 0 Å². The lowest BCUT2D eigenvalue weighted by molar-refractivity contribution is 0.253. The molecule has 2 aromatic rings. The molecule has 0 atom stereocenters. The van der Waals surface area contributed by atoms with Gasteiger partial charge in [0.25, 0.3) is 0 Å². The number of nitrogens with zero attached hydrogens (tertiary/aromatic N) is 4. The van der Waals surface area contributed by atoms with Gasteiger partial charge in [-0.1, -0.05) is 34.8 Å². The van der Waals surface area contributed by atoms with Crippen molar-refractivity contribution in [3.63, 3.8) is 0 Å². The Hall–Kier alpha value is -1.63. The van der Waals surface area contributed by atoms with Crippen LogP contribution in [0, 0.1) is 0 Å². The molecule has 6 nitrogen and oxygen atoms in total. The number of primary amides is 1. The number of nitrogens with two attached hydrogens (primary N) is 1. The molecule has 0 saturated heterocycles. The molecule has 0 aliphatic heterocycles. The standard InChI is InChI=1S/C12H12Cl3N5O/c1-18-11(9(14)10(15)17-18)19(2)20(12(16)21)8-5-3-7(13)4-6-8/h3-6H,1-2H3,(H2,16,21). The molecule has 0 bridgehead atoms. The Morgan fingerprint density at radius 3 is 2.24 bits per heavy atom. The van der Waals surface area contributed by atoms with E-state index in [1.54, 1.807) is 38.4 Å². The fraction of sp³-hybridized carbons (Fsp3) is 0.167. The van der Waals surface area contributed by atoms with Gasteiger partial charge < -0.3 is 5.73 Å². The summed E-state index contributed by atoms with van der Waals surface area (Å²) in [7, 11) is 3.28. The van der Waals surface area contributed by atoms with Gasteiger partial charge in [-0.3, -0.25) is 5.01 Å². The first-order valence-electron chi connectivity index (χ1n) is 5.79. The third-order valence-corrected chi connectivity index (χ3v) is 3.77. The van der Waals surface area contributed by atoms with Gasteiger partial charge in [-0.25, -0.2) is 14.5 Å². The highest BCUT2D eigenvalue weighted by Gasteiger charge is 2.25. The van der Waals surface area contributed by atoms with Gasteiger partial charge in [0.05, 0.1) is 5.69 Å².